The predicted octanol–water partition coefficient (Wildman–Crippen LogP) is 1.08. The third-order valence-electron chi connectivity index (χ3n) is 4.82. The number of benzene rings is 1. The first-order valence-corrected chi connectivity index (χ1v) is 10.7. The molecule has 1 aromatic rings. The second kappa shape index (κ2) is 8.26. The average molecular weight is 382 g/mol. The Morgan fingerprint density at radius 1 is 1.27 bits per heavy atom. The molecule has 0 radical (unpaired) electrons. The Morgan fingerprint density at radius 3 is 2.81 bits per heavy atom. The van der Waals surface area contributed by atoms with E-state index in [2.05, 4.69) is 5.32 Å². The quantitative estimate of drug-likeness (QED) is 0.793. The first kappa shape index (κ1) is 19.0. The highest BCUT2D eigenvalue weighted by Gasteiger charge is 2.25. The fourth-order valence-corrected chi connectivity index (χ4v) is 4.70. The number of carbonyl (C=O) groups is 1. The fraction of sp³-hybridized carbons (Fsp3) is 0.611. The van der Waals surface area contributed by atoms with Gasteiger partial charge in [0.1, 0.15) is 13.2 Å². The van der Waals surface area contributed by atoms with Gasteiger partial charge in [-0.15, -0.1) is 0 Å². The molecule has 0 spiro atoms. The van der Waals surface area contributed by atoms with E-state index < -0.39 is 9.84 Å². The van der Waals surface area contributed by atoms with Crippen molar-refractivity contribution in [2.45, 2.75) is 24.2 Å². The molecule has 0 bridgehead atoms. The molecule has 1 fully saturated rings. The molecule has 1 amide bonds. The van der Waals surface area contributed by atoms with E-state index in [4.69, 9.17) is 9.47 Å². The molecular weight excluding hydrogens is 356 g/mol. The Labute approximate surface area is 154 Å². The van der Waals surface area contributed by atoms with Crippen LogP contribution < -0.4 is 14.8 Å². The minimum absolute atomic E-state index is 0.00302. The van der Waals surface area contributed by atoms with E-state index in [0.29, 0.717) is 43.7 Å². The number of hydrogen-bond acceptors (Lipinski definition) is 6. The maximum atomic E-state index is 12.6. The van der Waals surface area contributed by atoms with Crippen LogP contribution >= 0.6 is 0 Å². The molecule has 144 valence electrons. The van der Waals surface area contributed by atoms with Crippen LogP contribution in [0.25, 0.3) is 0 Å². The number of nitrogens with one attached hydrogen (secondary N) is 1. The number of carbonyl (C=O) groups excluding carboxylic acids is 1. The number of sulfone groups is 1. The summed E-state index contributed by atoms with van der Waals surface area (Å²) in [6, 6.07) is 4.60. The highest BCUT2D eigenvalue weighted by molar-refractivity contribution is 7.91. The van der Waals surface area contributed by atoms with Crippen LogP contribution in [0.3, 0.4) is 0 Å². The maximum Gasteiger partial charge on any atom is 0.223 e. The van der Waals surface area contributed by atoms with Gasteiger partial charge in [0.25, 0.3) is 0 Å². The van der Waals surface area contributed by atoms with Gasteiger partial charge in [-0.25, -0.2) is 8.42 Å². The van der Waals surface area contributed by atoms with Gasteiger partial charge in [0.2, 0.25) is 5.91 Å². The molecule has 1 unspecified atom stereocenters. The number of piperidine rings is 1. The molecule has 1 aromatic carbocycles. The second-order valence-electron chi connectivity index (χ2n) is 6.78. The fourth-order valence-electron chi connectivity index (χ4n) is 3.46. The van der Waals surface area contributed by atoms with Crippen molar-refractivity contribution in [2.24, 2.45) is 5.92 Å². The Bertz CT molecular complexity index is 748. The molecule has 0 aromatic heterocycles. The Balaban J connectivity index is 1.60. The van der Waals surface area contributed by atoms with Crippen molar-refractivity contribution < 1.29 is 22.7 Å². The average Bonchev–Trinajstić information content (AvgIpc) is 2.66. The van der Waals surface area contributed by atoms with Crippen LogP contribution in [-0.2, 0) is 14.6 Å². The summed E-state index contributed by atoms with van der Waals surface area (Å²) in [5.41, 5.74) is 0. The van der Waals surface area contributed by atoms with E-state index in [1.807, 2.05) is 7.05 Å². The lowest BCUT2D eigenvalue weighted by Gasteiger charge is -2.32. The lowest BCUT2D eigenvalue weighted by Crippen LogP contribution is -2.42. The number of fused-ring (bicyclic) bond motifs is 1. The van der Waals surface area contributed by atoms with Crippen LogP contribution in [0.5, 0.6) is 11.5 Å². The zero-order valence-electron chi connectivity index (χ0n) is 15.1. The van der Waals surface area contributed by atoms with Crippen molar-refractivity contribution in [3.05, 3.63) is 18.2 Å². The number of rotatable bonds is 6. The zero-order valence-corrected chi connectivity index (χ0v) is 15.9. The summed E-state index contributed by atoms with van der Waals surface area (Å²) in [4.78, 5) is 14.4. The normalized spacial score (nSPS) is 20.0. The van der Waals surface area contributed by atoms with Crippen LogP contribution in [-0.4, -0.2) is 64.9 Å². The molecule has 1 atom stereocenters. The SMILES string of the molecule is CNCC1CCCN(C(=O)CCS(=O)(=O)c2ccc3c(c2)OCCO3)C1. The van der Waals surface area contributed by atoms with Gasteiger partial charge in [0.15, 0.2) is 21.3 Å². The monoisotopic (exact) mass is 382 g/mol. The molecule has 1 N–H and O–H groups in total. The Morgan fingerprint density at radius 2 is 2.04 bits per heavy atom. The van der Waals surface area contributed by atoms with E-state index in [0.717, 1.165) is 19.4 Å². The van der Waals surface area contributed by atoms with Crippen molar-refractivity contribution in [3.63, 3.8) is 0 Å². The van der Waals surface area contributed by atoms with Crippen molar-refractivity contribution in [3.8, 4) is 11.5 Å². The molecule has 8 heteroatoms. The standard InChI is InChI=1S/C18H26N2O5S/c1-19-12-14-3-2-7-20(13-14)18(21)6-10-26(22,23)15-4-5-16-17(11-15)25-9-8-24-16/h4-5,11,14,19H,2-3,6-10,12-13H2,1H3. The second-order valence-corrected chi connectivity index (χ2v) is 8.89. The third-order valence-corrected chi connectivity index (χ3v) is 6.54. The number of likely N-dealkylation sites (tertiary alicyclic amines) is 1. The van der Waals surface area contributed by atoms with Gasteiger partial charge >= 0.3 is 0 Å². The van der Waals surface area contributed by atoms with Crippen molar-refractivity contribution in [2.75, 3.05) is 45.6 Å². The van der Waals surface area contributed by atoms with E-state index in [1.165, 1.54) is 12.1 Å². The molecule has 1 saturated heterocycles. The highest BCUT2D eigenvalue weighted by atomic mass is 32.2. The molecule has 26 heavy (non-hydrogen) atoms. The van der Waals surface area contributed by atoms with E-state index in [1.54, 1.807) is 11.0 Å². The summed E-state index contributed by atoms with van der Waals surface area (Å²) in [5, 5.41) is 3.14. The molecule has 3 rings (SSSR count). The highest BCUT2D eigenvalue weighted by Crippen LogP contribution is 2.32. The summed E-state index contributed by atoms with van der Waals surface area (Å²) in [5.74, 6) is 1.14. The van der Waals surface area contributed by atoms with Crippen LogP contribution in [0.1, 0.15) is 19.3 Å². The predicted molar refractivity (Wildman–Crippen MR) is 97.3 cm³/mol. The van der Waals surface area contributed by atoms with E-state index in [-0.39, 0.29) is 23.0 Å². The lowest BCUT2D eigenvalue weighted by atomic mass is 9.98. The number of hydrogen-bond donors (Lipinski definition) is 1. The van der Waals surface area contributed by atoms with Gasteiger partial charge in [0, 0.05) is 25.6 Å². The third kappa shape index (κ3) is 4.48. The van der Waals surface area contributed by atoms with Gasteiger partial charge in [0.05, 0.1) is 10.6 Å². The van der Waals surface area contributed by atoms with E-state index >= 15 is 0 Å². The maximum absolute atomic E-state index is 12.6. The van der Waals surface area contributed by atoms with E-state index in [9.17, 15) is 13.2 Å². The van der Waals surface area contributed by atoms with Crippen LogP contribution in [0.2, 0.25) is 0 Å². The molecule has 2 heterocycles. The first-order valence-electron chi connectivity index (χ1n) is 9.04. The Hall–Kier alpha value is -1.80. The molecule has 7 nitrogen and oxygen atoms in total. The van der Waals surface area contributed by atoms with Crippen LogP contribution in [0, 0.1) is 5.92 Å². The Kier molecular flexibility index (Phi) is 6.03. The summed E-state index contributed by atoms with van der Waals surface area (Å²) in [6.07, 6.45) is 2.07. The van der Waals surface area contributed by atoms with Gasteiger partial charge in [-0.2, -0.15) is 0 Å². The van der Waals surface area contributed by atoms with Gasteiger partial charge in [-0.1, -0.05) is 0 Å². The van der Waals surface area contributed by atoms with Crippen molar-refractivity contribution in [1.29, 1.82) is 0 Å². The minimum atomic E-state index is -3.55. The van der Waals surface area contributed by atoms with Crippen LogP contribution in [0.4, 0.5) is 0 Å². The summed E-state index contributed by atoms with van der Waals surface area (Å²) in [7, 11) is -1.64. The molecule has 0 saturated carbocycles. The smallest absolute Gasteiger partial charge is 0.223 e. The number of amides is 1. The van der Waals surface area contributed by atoms with Gasteiger partial charge < -0.3 is 19.7 Å². The largest absolute Gasteiger partial charge is 0.486 e. The topological polar surface area (TPSA) is 84.9 Å². The number of nitrogens with zero attached hydrogens (tertiary/aromatic N) is 1. The first-order chi connectivity index (χ1) is 12.5. The number of ether oxygens (including phenoxy) is 2. The molecular formula is C18H26N2O5S. The van der Waals surface area contributed by atoms with Crippen molar-refractivity contribution >= 4 is 15.7 Å². The van der Waals surface area contributed by atoms with Gasteiger partial charge in [-0.3, -0.25) is 4.79 Å². The lowest BCUT2D eigenvalue weighted by molar-refractivity contribution is -0.132. The zero-order chi connectivity index (χ0) is 18.6. The van der Waals surface area contributed by atoms with Gasteiger partial charge in [-0.05, 0) is 44.5 Å². The summed E-state index contributed by atoms with van der Waals surface area (Å²) in [6.45, 7) is 3.14. The minimum Gasteiger partial charge on any atom is -0.486 e. The van der Waals surface area contributed by atoms with Crippen molar-refractivity contribution in [1.82, 2.24) is 10.2 Å². The molecule has 0 aliphatic carbocycles. The summed E-state index contributed by atoms with van der Waals surface area (Å²) < 4.78 is 36.0. The van der Waals surface area contributed by atoms with Crippen LogP contribution in [0.15, 0.2) is 23.1 Å². The molecule has 2 aliphatic rings. The molecule has 2 aliphatic heterocycles. The summed E-state index contributed by atoms with van der Waals surface area (Å²) >= 11 is 0.